The fourth-order valence-electron chi connectivity index (χ4n) is 3.28. The van der Waals surface area contributed by atoms with Crippen molar-refractivity contribution < 1.29 is 8.42 Å². The lowest BCUT2D eigenvalue weighted by molar-refractivity contribution is 0.226. The third-order valence-electron chi connectivity index (χ3n) is 4.44. The van der Waals surface area contributed by atoms with Crippen LogP contribution in [0.2, 0.25) is 0 Å². The van der Waals surface area contributed by atoms with Crippen molar-refractivity contribution in [2.75, 3.05) is 5.73 Å². The van der Waals surface area contributed by atoms with Crippen LogP contribution in [0.15, 0.2) is 23.1 Å². The summed E-state index contributed by atoms with van der Waals surface area (Å²) in [6.45, 7) is 6.23. The number of hydrogen-bond donors (Lipinski definition) is 2. The van der Waals surface area contributed by atoms with E-state index in [4.69, 9.17) is 5.73 Å². The highest BCUT2D eigenvalue weighted by Gasteiger charge is 2.31. The summed E-state index contributed by atoms with van der Waals surface area (Å²) in [6.07, 6.45) is 4.27. The minimum atomic E-state index is -3.55. The Bertz CT molecular complexity index is 596. The molecule has 0 heterocycles. The van der Waals surface area contributed by atoms with E-state index in [1.54, 1.807) is 18.2 Å². The second kappa shape index (κ2) is 6.36. The number of nitrogen functional groups attached to an aromatic ring is 1. The Kier molecular flexibility index (Phi) is 4.94. The first-order valence-corrected chi connectivity index (χ1v) is 9.18. The van der Waals surface area contributed by atoms with Gasteiger partial charge in [-0.25, -0.2) is 13.1 Å². The van der Waals surface area contributed by atoms with Gasteiger partial charge in [-0.1, -0.05) is 32.8 Å². The SMILES string of the molecule is Cc1ccc(S(=O)(=O)NC2CCCCC2C(C)C)c(N)c1. The minimum Gasteiger partial charge on any atom is -0.398 e. The van der Waals surface area contributed by atoms with Gasteiger partial charge >= 0.3 is 0 Å². The predicted molar refractivity (Wildman–Crippen MR) is 86.5 cm³/mol. The van der Waals surface area contributed by atoms with Crippen LogP contribution in [0.5, 0.6) is 0 Å². The Labute approximate surface area is 128 Å². The first kappa shape index (κ1) is 16.3. The van der Waals surface area contributed by atoms with Gasteiger partial charge in [-0.05, 0) is 49.3 Å². The summed E-state index contributed by atoms with van der Waals surface area (Å²) < 4.78 is 28.1. The van der Waals surface area contributed by atoms with Crippen LogP contribution in [-0.4, -0.2) is 14.5 Å². The number of aryl methyl sites for hydroxylation is 1. The minimum absolute atomic E-state index is 0.0180. The molecular weight excluding hydrogens is 284 g/mol. The van der Waals surface area contributed by atoms with Crippen LogP contribution in [0.1, 0.15) is 45.1 Å². The molecule has 1 aromatic carbocycles. The standard InChI is InChI=1S/C16H26N2O2S/c1-11(2)13-6-4-5-7-15(13)18-21(19,20)16-9-8-12(3)10-14(16)17/h8-11,13,15,18H,4-7,17H2,1-3H3. The molecule has 21 heavy (non-hydrogen) atoms. The molecule has 0 aromatic heterocycles. The molecule has 2 rings (SSSR count). The molecule has 0 spiro atoms. The molecule has 0 radical (unpaired) electrons. The first-order valence-electron chi connectivity index (χ1n) is 7.69. The third kappa shape index (κ3) is 3.77. The Morgan fingerprint density at radius 2 is 1.90 bits per heavy atom. The zero-order valence-corrected chi connectivity index (χ0v) is 13.9. The highest BCUT2D eigenvalue weighted by molar-refractivity contribution is 7.89. The average Bonchev–Trinajstić information content (AvgIpc) is 2.37. The number of anilines is 1. The predicted octanol–water partition coefficient (Wildman–Crippen LogP) is 3.07. The van der Waals surface area contributed by atoms with Crippen molar-refractivity contribution in [3.63, 3.8) is 0 Å². The smallest absolute Gasteiger partial charge is 0.242 e. The van der Waals surface area contributed by atoms with Crippen LogP contribution < -0.4 is 10.5 Å². The molecule has 3 N–H and O–H groups in total. The highest BCUT2D eigenvalue weighted by atomic mass is 32.2. The van der Waals surface area contributed by atoms with E-state index >= 15 is 0 Å². The second-order valence-electron chi connectivity index (χ2n) is 6.46. The number of sulfonamides is 1. The van der Waals surface area contributed by atoms with E-state index < -0.39 is 10.0 Å². The molecule has 1 aromatic rings. The first-order chi connectivity index (χ1) is 9.81. The summed E-state index contributed by atoms with van der Waals surface area (Å²) in [5, 5.41) is 0. The number of benzene rings is 1. The molecule has 4 nitrogen and oxygen atoms in total. The molecule has 2 unspecified atom stereocenters. The number of nitrogens with one attached hydrogen (secondary N) is 1. The number of rotatable bonds is 4. The fourth-order valence-corrected chi connectivity index (χ4v) is 4.71. The Morgan fingerprint density at radius 1 is 1.24 bits per heavy atom. The third-order valence-corrected chi connectivity index (χ3v) is 6.00. The lowest BCUT2D eigenvalue weighted by Crippen LogP contribution is -2.44. The van der Waals surface area contributed by atoms with Gasteiger partial charge in [-0.15, -0.1) is 0 Å². The molecule has 1 fully saturated rings. The van der Waals surface area contributed by atoms with Crippen LogP contribution in [0.4, 0.5) is 5.69 Å². The maximum Gasteiger partial charge on any atom is 0.242 e. The summed E-state index contributed by atoms with van der Waals surface area (Å²) in [5.74, 6) is 0.883. The maximum atomic E-state index is 12.6. The van der Waals surface area contributed by atoms with E-state index in [1.165, 1.54) is 6.42 Å². The zero-order chi connectivity index (χ0) is 15.6. The molecule has 1 aliphatic rings. The topological polar surface area (TPSA) is 72.2 Å². The van der Waals surface area contributed by atoms with Crippen LogP contribution in [0.25, 0.3) is 0 Å². The normalized spacial score (nSPS) is 23.4. The van der Waals surface area contributed by atoms with Crippen molar-refractivity contribution in [2.45, 2.75) is 57.4 Å². The molecule has 118 valence electrons. The van der Waals surface area contributed by atoms with Crippen molar-refractivity contribution in [2.24, 2.45) is 11.8 Å². The van der Waals surface area contributed by atoms with Crippen LogP contribution in [0.3, 0.4) is 0 Å². The Balaban J connectivity index is 2.23. The van der Waals surface area contributed by atoms with Gasteiger partial charge in [0.2, 0.25) is 10.0 Å². The summed E-state index contributed by atoms with van der Waals surface area (Å²) in [7, 11) is -3.55. The van der Waals surface area contributed by atoms with Crippen molar-refractivity contribution in [3.8, 4) is 0 Å². The Hall–Kier alpha value is -1.07. The summed E-state index contributed by atoms with van der Waals surface area (Å²) in [5.41, 5.74) is 7.17. The molecule has 0 amide bonds. The van der Waals surface area contributed by atoms with Gasteiger partial charge in [0.25, 0.3) is 0 Å². The highest BCUT2D eigenvalue weighted by Crippen LogP contribution is 2.31. The number of nitrogens with two attached hydrogens (primary N) is 1. The lowest BCUT2D eigenvalue weighted by Gasteiger charge is -2.34. The van der Waals surface area contributed by atoms with E-state index in [2.05, 4.69) is 18.6 Å². The van der Waals surface area contributed by atoms with Crippen LogP contribution in [-0.2, 0) is 10.0 Å². The van der Waals surface area contributed by atoms with Crippen molar-refractivity contribution in [3.05, 3.63) is 23.8 Å². The van der Waals surface area contributed by atoms with Gasteiger partial charge in [0.05, 0.1) is 5.69 Å². The molecule has 0 saturated heterocycles. The molecule has 1 aliphatic carbocycles. The molecular formula is C16H26N2O2S. The molecule has 1 saturated carbocycles. The Morgan fingerprint density at radius 3 is 2.52 bits per heavy atom. The van der Waals surface area contributed by atoms with E-state index in [1.807, 2.05) is 6.92 Å². The quantitative estimate of drug-likeness (QED) is 0.840. The van der Waals surface area contributed by atoms with Crippen molar-refractivity contribution >= 4 is 15.7 Å². The van der Waals surface area contributed by atoms with Gasteiger partial charge in [-0.2, -0.15) is 0 Å². The van der Waals surface area contributed by atoms with Crippen LogP contribution >= 0.6 is 0 Å². The molecule has 0 bridgehead atoms. The monoisotopic (exact) mass is 310 g/mol. The molecule has 0 aliphatic heterocycles. The molecule has 5 heteroatoms. The maximum absolute atomic E-state index is 12.6. The number of hydrogen-bond acceptors (Lipinski definition) is 3. The summed E-state index contributed by atoms with van der Waals surface area (Å²) >= 11 is 0. The van der Waals surface area contributed by atoms with Gasteiger partial charge < -0.3 is 5.73 Å². The lowest BCUT2D eigenvalue weighted by atomic mass is 9.78. The van der Waals surface area contributed by atoms with Crippen molar-refractivity contribution in [1.29, 1.82) is 0 Å². The van der Waals surface area contributed by atoms with E-state index in [0.717, 1.165) is 24.8 Å². The summed E-state index contributed by atoms with van der Waals surface area (Å²) in [4.78, 5) is 0.196. The second-order valence-corrected chi connectivity index (χ2v) is 8.14. The van der Waals surface area contributed by atoms with Gasteiger partial charge in [-0.3, -0.25) is 0 Å². The fraction of sp³-hybridized carbons (Fsp3) is 0.625. The summed E-state index contributed by atoms with van der Waals surface area (Å²) in [6, 6.07) is 5.10. The van der Waals surface area contributed by atoms with E-state index in [0.29, 0.717) is 17.5 Å². The van der Waals surface area contributed by atoms with Crippen LogP contribution in [0, 0.1) is 18.8 Å². The van der Waals surface area contributed by atoms with E-state index in [9.17, 15) is 8.42 Å². The zero-order valence-electron chi connectivity index (χ0n) is 13.1. The largest absolute Gasteiger partial charge is 0.398 e. The van der Waals surface area contributed by atoms with E-state index in [-0.39, 0.29) is 10.9 Å². The van der Waals surface area contributed by atoms with Gasteiger partial charge in [0.1, 0.15) is 4.90 Å². The average molecular weight is 310 g/mol. The van der Waals surface area contributed by atoms with Gasteiger partial charge in [0, 0.05) is 6.04 Å². The van der Waals surface area contributed by atoms with Crippen molar-refractivity contribution in [1.82, 2.24) is 4.72 Å². The van der Waals surface area contributed by atoms with Gasteiger partial charge in [0.15, 0.2) is 0 Å². The molecule has 2 atom stereocenters.